The molecule has 1 saturated heterocycles. The normalized spacial score (nSPS) is 32.3. The molecule has 2 rings (SSSR count). The van der Waals surface area contributed by atoms with Gasteiger partial charge in [-0.15, -0.1) is 0 Å². The van der Waals surface area contributed by atoms with Crippen molar-refractivity contribution in [3.63, 3.8) is 0 Å². The van der Waals surface area contributed by atoms with Gasteiger partial charge >= 0.3 is 5.97 Å². The summed E-state index contributed by atoms with van der Waals surface area (Å²) in [6, 6.07) is 0.644. The second kappa shape index (κ2) is 3.76. The first-order chi connectivity index (χ1) is 6.98. The molecule has 1 unspecified atom stereocenters. The van der Waals surface area contributed by atoms with Crippen molar-refractivity contribution in [2.24, 2.45) is 5.92 Å². The topological polar surface area (TPSA) is 52.6 Å². The molecule has 1 aliphatic carbocycles. The van der Waals surface area contributed by atoms with E-state index in [4.69, 9.17) is 5.11 Å². The number of nitrogens with one attached hydrogen (secondary N) is 1. The molecule has 4 nitrogen and oxygen atoms in total. The number of rotatable bonds is 2. The van der Waals surface area contributed by atoms with Crippen LogP contribution in [0.1, 0.15) is 26.7 Å². The minimum absolute atomic E-state index is 0.0345. The Morgan fingerprint density at radius 2 is 2.13 bits per heavy atom. The lowest BCUT2D eigenvalue weighted by molar-refractivity contribution is -0.142. The van der Waals surface area contributed by atoms with Gasteiger partial charge in [-0.25, -0.2) is 0 Å². The van der Waals surface area contributed by atoms with Crippen LogP contribution in [0.5, 0.6) is 0 Å². The van der Waals surface area contributed by atoms with Crippen molar-refractivity contribution >= 4 is 5.97 Å². The SMILES string of the molecule is CC1(C)CN(C2CC2)CC(C(=O)O)CN1. The molecule has 0 aromatic carbocycles. The molecule has 0 aromatic heterocycles. The second-order valence-electron chi connectivity index (χ2n) is 5.46. The van der Waals surface area contributed by atoms with E-state index in [0.29, 0.717) is 19.1 Å². The van der Waals surface area contributed by atoms with Gasteiger partial charge in [-0.05, 0) is 26.7 Å². The highest BCUT2D eigenvalue weighted by Gasteiger charge is 2.38. The number of carboxylic acid groups (broad SMARTS) is 1. The van der Waals surface area contributed by atoms with Crippen molar-refractivity contribution in [2.75, 3.05) is 19.6 Å². The monoisotopic (exact) mass is 212 g/mol. The Morgan fingerprint density at radius 1 is 1.47 bits per heavy atom. The van der Waals surface area contributed by atoms with Crippen LogP contribution in [0, 0.1) is 5.92 Å². The molecule has 1 atom stereocenters. The van der Waals surface area contributed by atoms with Crippen LogP contribution in [0.4, 0.5) is 0 Å². The molecule has 2 aliphatic rings. The van der Waals surface area contributed by atoms with E-state index in [1.54, 1.807) is 0 Å². The fourth-order valence-corrected chi connectivity index (χ4v) is 2.26. The van der Waals surface area contributed by atoms with E-state index in [1.807, 2.05) is 0 Å². The van der Waals surface area contributed by atoms with Crippen LogP contribution in [0.25, 0.3) is 0 Å². The summed E-state index contributed by atoms with van der Waals surface area (Å²) in [6.45, 7) is 6.54. The number of nitrogens with zero attached hydrogens (tertiary/aromatic N) is 1. The van der Waals surface area contributed by atoms with Crippen molar-refractivity contribution in [3.8, 4) is 0 Å². The van der Waals surface area contributed by atoms with E-state index in [0.717, 1.165) is 6.54 Å². The minimum Gasteiger partial charge on any atom is -0.481 e. The second-order valence-corrected chi connectivity index (χ2v) is 5.46. The smallest absolute Gasteiger partial charge is 0.309 e. The number of hydrogen-bond acceptors (Lipinski definition) is 3. The molecule has 1 saturated carbocycles. The summed E-state index contributed by atoms with van der Waals surface area (Å²) < 4.78 is 0. The molecule has 2 N–H and O–H groups in total. The zero-order chi connectivity index (χ0) is 11.1. The quantitative estimate of drug-likeness (QED) is 0.701. The van der Waals surface area contributed by atoms with Gasteiger partial charge in [-0.3, -0.25) is 9.69 Å². The fraction of sp³-hybridized carbons (Fsp3) is 0.909. The van der Waals surface area contributed by atoms with E-state index >= 15 is 0 Å². The lowest BCUT2D eigenvalue weighted by Crippen LogP contribution is -2.47. The van der Waals surface area contributed by atoms with Gasteiger partial charge < -0.3 is 10.4 Å². The molecule has 2 fully saturated rings. The van der Waals surface area contributed by atoms with E-state index in [9.17, 15) is 4.79 Å². The zero-order valence-electron chi connectivity index (χ0n) is 9.49. The maximum atomic E-state index is 11.0. The van der Waals surface area contributed by atoms with Gasteiger partial charge in [0.2, 0.25) is 0 Å². The van der Waals surface area contributed by atoms with Crippen molar-refractivity contribution in [1.29, 1.82) is 0 Å². The highest BCUT2D eigenvalue weighted by atomic mass is 16.4. The van der Waals surface area contributed by atoms with Crippen molar-refractivity contribution in [1.82, 2.24) is 10.2 Å². The van der Waals surface area contributed by atoms with Crippen molar-refractivity contribution < 1.29 is 9.90 Å². The molecule has 15 heavy (non-hydrogen) atoms. The summed E-state index contributed by atoms with van der Waals surface area (Å²) in [4.78, 5) is 13.4. The average molecular weight is 212 g/mol. The molecule has 1 heterocycles. The van der Waals surface area contributed by atoms with Gasteiger partial charge in [0.05, 0.1) is 5.92 Å². The highest BCUT2D eigenvalue weighted by Crippen LogP contribution is 2.30. The number of carboxylic acids is 1. The van der Waals surface area contributed by atoms with E-state index in [1.165, 1.54) is 12.8 Å². The summed E-state index contributed by atoms with van der Waals surface area (Å²) in [5.74, 6) is -0.932. The van der Waals surface area contributed by atoms with Gasteiger partial charge in [0.15, 0.2) is 0 Å². The molecule has 0 spiro atoms. The van der Waals surface area contributed by atoms with Gasteiger partial charge in [-0.1, -0.05) is 0 Å². The predicted molar refractivity (Wildman–Crippen MR) is 57.8 cm³/mol. The summed E-state index contributed by atoms with van der Waals surface area (Å²) in [5.41, 5.74) is 0.0345. The molecular weight excluding hydrogens is 192 g/mol. The maximum absolute atomic E-state index is 11.0. The van der Waals surface area contributed by atoms with Gasteiger partial charge in [0.25, 0.3) is 0 Å². The summed E-state index contributed by atoms with van der Waals surface area (Å²) in [6.07, 6.45) is 2.48. The molecule has 0 radical (unpaired) electrons. The van der Waals surface area contributed by atoms with Crippen LogP contribution in [-0.4, -0.2) is 47.2 Å². The largest absolute Gasteiger partial charge is 0.481 e. The molecule has 4 heteroatoms. The Balaban J connectivity index is 2.06. The molecule has 0 aromatic rings. The lowest BCUT2D eigenvalue weighted by atomic mass is 10.1. The average Bonchev–Trinajstić information content (AvgIpc) is 2.89. The maximum Gasteiger partial charge on any atom is 0.309 e. The van der Waals surface area contributed by atoms with Crippen molar-refractivity contribution in [3.05, 3.63) is 0 Å². The Hall–Kier alpha value is -0.610. The highest BCUT2D eigenvalue weighted by molar-refractivity contribution is 5.70. The van der Waals surface area contributed by atoms with E-state index in [2.05, 4.69) is 24.1 Å². The summed E-state index contributed by atoms with van der Waals surface area (Å²) in [7, 11) is 0. The van der Waals surface area contributed by atoms with Crippen LogP contribution in [-0.2, 0) is 4.79 Å². The third-order valence-corrected chi connectivity index (χ3v) is 3.29. The fourth-order valence-electron chi connectivity index (χ4n) is 2.26. The van der Waals surface area contributed by atoms with E-state index < -0.39 is 5.97 Å². The van der Waals surface area contributed by atoms with Crippen LogP contribution < -0.4 is 5.32 Å². The lowest BCUT2D eigenvalue weighted by Gasteiger charge is -2.29. The van der Waals surface area contributed by atoms with E-state index in [-0.39, 0.29) is 11.5 Å². The number of carbonyl (C=O) groups is 1. The summed E-state index contributed by atoms with van der Waals surface area (Å²) >= 11 is 0. The first kappa shape index (κ1) is 10.9. The van der Waals surface area contributed by atoms with Gasteiger partial charge in [0.1, 0.15) is 0 Å². The summed E-state index contributed by atoms with van der Waals surface area (Å²) in [5, 5.41) is 12.4. The third kappa shape index (κ3) is 2.69. The zero-order valence-corrected chi connectivity index (χ0v) is 9.49. The van der Waals surface area contributed by atoms with Gasteiger partial charge in [0, 0.05) is 31.2 Å². The van der Waals surface area contributed by atoms with Crippen molar-refractivity contribution in [2.45, 2.75) is 38.3 Å². The predicted octanol–water partition coefficient (Wildman–Crippen LogP) is 0.533. The molecular formula is C11H20N2O2. The first-order valence-corrected chi connectivity index (χ1v) is 5.70. The standard InChI is InChI=1S/C11H20N2O2/c1-11(2)7-13(9-3-4-9)6-8(5-12-11)10(14)15/h8-9,12H,3-7H2,1-2H3,(H,14,15). The van der Waals surface area contributed by atoms with Crippen LogP contribution >= 0.6 is 0 Å². The first-order valence-electron chi connectivity index (χ1n) is 5.70. The molecule has 0 bridgehead atoms. The minimum atomic E-state index is -0.675. The Kier molecular flexibility index (Phi) is 2.73. The molecule has 0 amide bonds. The van der Waals surface area contributed by atoms with Crippen LogP contribution in [0.3, 0.4) is 0 Å². The number of aliphatic carboxylic acids is 1. The Bertz CT molecular complexity index is 261. The molecule has 86 valence electrons. The molecule has 1 aliphatic heterocycles. The van der Waals surface area contributed by atoms with Crippen LogP contribution in [0.2, 0.25) is 0 Å². The third-order valence-electron chi connectivity index (χ3n) is 3.29. The van der Waals surface area contributed by atoms with Gasteiger partial charge in [-0.2, -0.15) is 0 Å². The Morgan fingerprint density at radius 3 is 2.67 bits per heavy atom. The Labute approximate surface area is 90.6 Å². The van der Waals surface area contributed by atoms with Crippen LogP contribution in [0.15, 0.2) is 0 Å². The number of hydrogen-bond donors (Lipinski definition) is 2.